The van der Waals surface area contributed by atoms with Crippen molar-refractivity contribution in [2.24, 2.45) is 0 Å². The van der Waals surface area contributed by atoms with Gasteiger partial charge in [-0.2, -0.15) is 0 Å². The van der Waals surface area contributed by atoms with Crippen molar-refractivity contribution in [3.63, 3.8) is 0 Å². The van der Waals surface area contributed by atoms with Crippen LogP contribution in [0, 0.1) is 5.82 Å². The van der Waals surface area contributed by atoms with Gasteiger partial charge in [0.1, 0.15) is 5.82 Å². The molecule has 2 unspecified atom stereocenters. The highest BCUT2D eigenvalue weighted by atomic mass is 19.1. The number of carbonyl (C=O) groups excluding carboxylic acids is 1. The van der Waals surface area contributed by atoms with Crippen molar-refractivity contribution < 1.29 is 9.18 Å². The summed E-state index contributed by atoms with van der Waals surface area (Å²) >= 11 is 0. The Balaban J connectivity index is 1.24. The number of fused-ring (bicyclic) bond motifs is 2. The minimum absolute atomic E-state index is 0.0441. The van der Waals surface area contributed by atoms with Crippen LogP contribution in [0.1, 0.15) is 31.2 Å². The smallest absolute Gasteiger partial charge is 0.317 e. The maximum absolute atomic E-state index is 13.2. The molecule has 5 nitrogen and oxygen atoms in total. The molecular weight excluding hydrogens is 331 g/mol. The molecule has 6 heteroatoms. The third-order valence-electron chi connectivity index (χ3n) is 6.52. The van der Waals surface area contributed by atoms with Crippen molar-refractivity contribution in [3.05, 3.63) is 35.6 Å². The van der Waals surface area contributed by atoms with E-state index in [2.05, 4.69) is 22.2 Å². The highest BCUT2D eigenvalue weighted by molar-refractivity contribution is 5.74. The standard InChI is InChI=1S/C20H29FN4O/c1-23-17-5-6-18(23)13-19(12-17)24-7-9-25(10-8-24)20(26)22-14-15-3-2-4-16(21)11-15/h2-4,11,17-19H,5-10,12-14H2,1H3,(H,22,26). The van der Waals surface area contributed by atoms with Gasteiger partial charge in [0.15, 0.2) is 0 Å². The second kappa shape index (κ2) is 7.53. The van der Waals surface area contributed by atoms with Crippen LogP contribution in [0.2, 0.25) is 0 Å². The van der Waals surface area contributed by atoms with Gasteiger partial charge in [-0.3, -0.25) is 4.90 Å². The fourth-order valence-corrected chi connectivity index (χ4v) is 4.91. The first-order valence-corrected chi connectivity index (χ1v) is 9.83. The van der Waals surface area contributed by atoms with Gasteiger partial charge >= 0.3 is 6.03 Å². The van der Waals surface area contributed by atoms with Crippen molar-refractivity contribution in [1.29, 1.82) is 0 Å². The Labute approximate surface area is 155 Å². The molecule has 2 bridgehead atoms. The number of amides is 2. The Morgan fingerprint density at radius 3 is 2.46 bits per heavy atom. The number of carbonyl (C=O) groups is 1. The molecule has 4 rings (SSSR count). The lowest BCUT2D eigenvalue weighted by Gasteiger charge is -2.44. The van der Waals surface area contributed by atoms with Crippen LogP contribution in [0.5, 0.6) is 0 Å². The van der Waals surface area contributed by atoms with E-state index in [4.69, 9.17) is 0 Å². The van der Waals surface area contributed by atoms with Gasteiger partial charge in [0.05, 0.1) is 0 Å². The third kappa shape index (κ3) is 3.71. The van der Waals surface area contributed by atoms with Crippen molar-refractivity contribution >= 4 is 6.03 Å². The number of urea groups is 1. The van der Waals surface area contributed by atoms with Gasteiger partial charge in [-0.1, -0.05) is 12.1 Å². The number of rotatable bonds is 3. The zero-order valence-corrected chi connectivity index (χ0v) is 15.5. The predicted molar refractivity (Wildman–Crippen MR) is 99.4 cm³/mol. The number of piperazine rings is 1. The van der Waals surface area contributed by atoms with Crippen LogP contribution in [0.3, 0.4) is 0 Å². The van der Waals surface area contributed by atoms with Gasteiger partial charge in [-0.15, -0.1) is 0 Å². The third-order valence-corrected chi connectivity index (χ3v) is 6.52. The molecule has 0 spiro atoms. The van der Waals surface area contributed by atoms with E-state index >= 15 is 0 Å². The summed E-state index contributed by atoms with van der Waals surface area (Å²) in [6.07, 6.45) is 5.25. The minimum atomic E-state index is -0.266. The number of piperidine rings is 1. The zero-order chi connectivity index (χ0) is 18.1. The molecule has 3 aliphatic heterocycles. The van der Waals surface area contributed by atoms with E-state index in [-0.39, 0.29) is 11.8 Å². The minimum Gasteiger partial charge on any atom is -0.334 e. The Morgan fingerprint density at radius 2 is 1.81 bits per heavy atom. The van der Waals surface area contributed by atoms with E-state index in [0.29, 0.717) is 12.6 Å². The topological polar surface area (TPSA) is 38.8 Å². The van der Waals surface area contributed by atoms with Crippen LogP contribution in [0.4, 0.5) is 9.18 Å². The molecule has 0 saturated carbocycles. The number of halogens is 1. The number of hydrogen-bond acceptors (Lipinski definition) is 3. The van der Waals surface area contributed by atoms with Crippen molar-refractivity contribution in [2.45, 2.75) is 50.4 Å². The maximum Gasteiger partial charge on any atom is 0.317 e. The largest absolute Gasteiger partial charge is 0.334 e. The summed E-state index contributed by atoms with van der Waals surface area (Å²) in [7, 11) is 2.28. The lowest BCUT2D eigenvalue weighted by molar-refractivity contribution is 0.0476. The molecule has 1 aromatic rings. The maximum atomic E-state index is 13.2. The summed E-state index contributed by atoms with van der Waals surface area (Å²) < 4.78 is 13.2. The zero-order valence-electron chi connectivity index (χ0n) is 15.5. The Kier molecular flexibility index (Phi) is 5.14. The highest BCUT2D eigenvalue weighted by Gasteiger charge is 2.40. The monoisotopic (exact) mass is 360 g/mol. The van der Waals surface area contributed by atoms with Crippen molar-refractivity contribution in [1.82, 2.24) is 20.0 Å². The summed E-state index contributed by atoms with van der Waals surface area (Å²) in [6.45, 7) is 3.84. The Hall–Kier alpha value is -1.66. The van der Waals surface area contributed by atoms with E-state index in [1.807, 2.05) is 11.0 Å². The van der Waals surface area contributed by atoms with Gasteiger partial charge < -0.3 is 15.1 Å². The summed E-state index contributed by atoms with van der Waals surface area (Å²) in [6, 6.07) is 8.53. The summed E-state index contributed by atoms with van der Waals surface area (Å²) in [4.78, 5) is 19.4. The number of nitrogens with zero attached hydrogens (tertiary/aromatic N) is 3. The molecule has 0 radical (unpaired) electrons. The molecule has 3 aliphatic rings. The van der Waals surface area contributed by atoms with Crippen LogP contribution in [-0.4, -0.2) is 72.1 Å². The fraction of sp³-hybridized carbons (Fsp3) is 0.650. The molecule has 3 fully saturated rings. The van der Waals surface area contributed by atoms with E-state index in [1.165, 1.54) is 37.8 Å². The van der Waals surface area contributed by atoms with E-state index in [0.717, 1.165) is 43.8 Å². The lowest BCUT2D eigenvalue weighted by Crippen LogP contribution is -2.57. The highest BCUT2D eigenvalue weighted by Crippen LogP contribution is 2.36. The SMILES string of the molecule is CN1C2CCC1CC(N1CCN(C(=O)NCc3cccc(F)c3)CC1)C2. The molecule has 3 heterocycles. The van der Waals surface area contributed by atoms with E-state index in [9.17, 15) is 9.18 Å². The summed E-state index contributed by atoms with van der Waals surface area (Å²) in [5.41, 5.74) is 0.791. The first-order valence-electron chi connectivity index (χ1n) is 9.83. The number of nitrogens with one attached hydrogen (secondary N) is 1. The van der Waals surface area contributed by atoms with Gasteiger partial charge in [0.2, 0.25) is 0 Å². The normalized spacial score (nSPS) is 29.8. The van der Waals surface area contributed by atoms with Crippen molar-refractivity contribution in [3.8, 4) is 0 Å². The van der Waals surface area contributed by atoms with Crippen LogP contribution in [0.15, 0.2) is 24.3 Å². The quantitative estimate of drug-likeness (QED) is 0.899. The van der Waals surface area contributed by atoms with Crippen LogP contribution in [0.25, 0.3) is 0 Å². The molecule has 142 valence electrons. The molecule has 26 heavy (non-hydrogen) atoms. The Bertz CT molecular complexity index is 632. The molecule has 0 aromatic heterocycles. The number of hydrogen-bond donors (Lipinski definition) is 1. The van der Waals surface area contributed by atoms with E-state index in [1.54, 1.807) is 6.07 Å². The lowest BCUT2D eigenvalue weighted by atomic mass is 9.96. The van der Waals surface area contributed by atoms with Gasteiger partial charge in [-0.05, 0) is 50.4 Å². The number of benzene rings is 1. The molecule has 2 amide bonds. The average molecular weight is 360 g/mol. The molecular formula is C20H29FN4O. The van der Waals surface area contributed by atoms with Crippen LogP contribution in [-0.2, 0) is 6.54 Å². The molecule has 1 N–H and O–H groups in total. The predicted octanol–water partition coefficient (Wildman–Crippen LogP) is 2.28. The molecule has 2 atom stereocenters. The van der Waals surface area contributed by atoms with Crippen molar-refractivity contribution in [2.75, 3.05) is 33.2 Å². The van der Waals surface area contributed by atoms with E-state index < -0.39 is 0 Å². The first kappa shape index (κ1) is 17.7. The molecule has 0 aliphatic carbocycles. The summed E-state index contributed by atoms with van der Waals surface area (Å²) in [5, 5.41) is 2.92. The average Bonchev–Trinajstić information content (AvgIpc) is 2.86. The second-order valence-electron chi connectivity index (χ2n) is 7.99. The van der Waals surface area contributed by atoms with Crippen LogP contribution >= 0.6 is 0 Å². The molecule has 3 saturated heterocycles. The van der Waals surface area contributed by atoms with Gasteiger partial charge in [0, 0.05) is 50.8 Å². The second-order valence-corrected chi connectivity index (χ2v) is 7.99. The molecule has 1 aromatic carbocycles. The first-order chi connectivity index (χ1) is 12.6. The van der Waals surface area contributed by atoms with Crippen LogP contribution < -0.4 is 5.32 Å². The van der Waals surface area contributed by atoms with Gasteiger partial charge in [0.25, 0.3) is 0 Å². The summed E-state index contributed by atoms with van der Waals surface area (Å²) in [5.74, 6) is -0.266. The fourth-order valence-electron chi connectivity index (χ4n) is 4.91. The van der Waals surface area contributed by atoms with Gasteiger partial charge in [-0.25, -0.2) is 9.18 Å². The Morgan fingerprint density at radius 1 is 1.12 bits per heavy atom.